The van der Waals surface area contributed by atoms with E-state index in [-0.39, 0.29) is 34.9 Å². The second-order valence-electron chi connectivity index (χ2n) is 6.68. The molecular weight excluding hydrogens is 443 g/mol. The molecule has 0 aliphatic carbocycles. The Bertz CT molecular complexity index is 1130. The molecule has 3 aromatic rings. The minimum Gasteiger partial charge on any atom is -0.403 e. The summed E-state index contributed by atoms with van der Waals surface area (Å²) in [6, 6.07) is 12.2. The number of halogens is 1. The van der Waals surface area contributed by atoms with Gasteiger partial charge in [-0.25, -0.2) is 17.1 Å². The number of rotatable bonds is 9. The predicted molar refractivity (Wildman–Crippen MR) is 116 cm³/mol. The Morgan fingerprint density at radius 2 is 1.77 bits per heavy atom. The number of hydrogen-bond donors (Lipinski definition) is 1. The van der Waals surface area contributed by atoms with Gasteiger partial charge in [0.2, 0.25) is 21.8 Å². The van der Waals surface area contributed by atoms with Crippen LogP contribution in [0.2, 0.25) is 0 Å². The number of benzene rings is 2. The molecule has 0 spiro atoms. The number of nitrogens with zero attached hydrogens (tertiary/aromatic N) is 3. The van der Waals surface area contributed by atoms with E-state index >= 15 is 0 Å². The minimum atomic E-state index is -3.53. The first-order valence-corrected chi connectivity index (χ1v) is 11.7. The fourth-order valence-electron chi connectivity index (χ4n) is 2.51. The van der Waals surface area contributed by atoms with E-state index in [4.69, 9.17) is 4.42 Å². The van der Waals surface area contributed by atoms with E-state index in [0.29, 0.717) is 17.7 Å². The van der Waals surface area contributed by atoms with Crippen LogP contribution in [0.4, 0.5) is 10.4 Å². The molecule has 0 radical (unpaired) electrons. The van der Waals surface area contributed by atoms with E-state index in [1.165, 1.54) is 50.1 Å². The Balaban J connectivity index is 1.50. The molecule has 0 saturated heterocycles. The quantitative estimate of drug-likeness (QED) is 0.381. The summed E-state index contributed by atoms with van der Waals surface area (Å²) in [6.45, 7) is 0. The molecule has 1 N–H and O–H groups in total. The molecule has 0 aliphatic heterocycles. The van der Waals surface area contributed by atoms with Gasteiger partial charge in [0.1, 0.15) is 5.82 Å². The molecule has 2 aromatic carbocycles. The number of thioether (sulfide) groups is 1. The number of carbonyl (C=O) groups is 1. The van der Waals surface area contributed by atoms with Crippen molar-refractivity contribution >= 4 is 33.7 Å². The molecule has 0 fully saturated rings. The first kappa shape index (κ1) is 22.9. The van der Waals surface area contributed by atoms with Crippen molar-refractivity contribution in [3.8, 4) is 11.5 Å². The highest BCUT2D eigenvalue weighted by atomic mass is 32.2. The summed E-state index contributed by atoms with van der Waals surface area (Å²) in [7, 11) is -0.614. The number of carbonyl (C=O) groups excluding carboxylic acids is 1. The molecular formula is C20H21FN4O4S2. The molecule has 8 nitrogen and oxygen atoms in total. The lowest BCUT2D eigenvalue weighted by molar-refractivity contribution is -0.116. The Kier molecular flexibility index (Phi) is 7.42. The van der Waals surface area contributed by atoms with Gasteiger partial charge in [0.15, 0.2) is 0 Å². The van der Waals surface area contributed by atoms with Crippen LogP contribution in [0.3, 0.4) is 0 Å². The van der Waals surface area contributed by atoms with Crippen molar-refractivity contribution in [2.75, 3.05) is 25.2 Å². The summed E-state index contributed by atoms with van der Waals surface area (Å²) in [6.07, 6.45) is 0.889. The van der Waals surface area contributed by atoms with Crippen molar-refractivity contribution in [1.82, 2.24) is 14.5 Å². The van der Waals surface area contributed by atoms with Crippen molar-refractivity contribution in [1.29, 1.82) is 0 Å². The zero-order chi connectivity index (χ0) is 22.4. The minimum absolute atomic E-state index is 0.0313. The maximum atomic E-state index is 12.9. The van der Waals surface area contributed by atoms with Crippen LogP contribution in [0.5, 0.6) is 0 Å². The standard InChI is InChI=1S/C20H21FN4O4S2/c1-25(2)31(27,28)17-11-5-14(6-12-17)19-23-24-20(29-19)22-18(26)4-3-13-30-16-9-7-15(21)8-10-16/h5-12H,3-4,13H2,1-2H3,(H,22,24,26). The van der Waals surface area contributed by atoms with Crippen molar-refractivity contribution in [3.05, 3.63) is 54.3 Å². The smallest absolute Gasteiger partial charge is 0.322 e. The molecule has 0 aliphatic rings. The lowest BCUT2D eigenvalue weighted by Crippen LogP contribution is -2.22. The molecule has 0 saturated carbocycles. The Hall–Kier alpha value is -2.76. The third-order valence-corrected chi connectivity index (χ3v) is 7.11. The van der Waals surface area contributed by atoms with Crippen LogP contribution in [-0.2, 0) is 14.8 Å². The highest BCUT2D eigenvalue weighted by Crippen LogP contribution is 2.23. The molecule has 0 atom stereocenters. The monoisotopic (exact) mass is 464 g/mol. The highest BCUT2D eigenvalue weighted by Gasteiger charge is 2.18. The third kappa shape index (κ3) is 6.12. The summed E-state index contributed by atoms with van der Waals surface area (Å²) in [5, 5.41) is 10.2. The van der Waals surface area contributed by atoms with Gasteiger partial charge in [-0.15, -0.1) is 16.9 Å². The number of sulfonamides is 1. The normalized spacial score (nSPS) is 11.6. The largest absolute Gasteiger partial charge is 0.403 e. The van der Waals surface area contributed by atoms with Crippen molar-refractivity contribution in [2.45, 2.75) is 22.6 Å². The van der Waals surface area contributed by atoms with E-state index in [2.05, 4.69) is 15.5 Å². The number of aromatic nitrogens is 2. The van der Waals surface area contributed by atoms with Crippen molar-refractivity contribution < 1.29 is 22.0 Å². The molecule has 31 heavy (non-hydrogen) atoms. The second kappa shape index (κ2) is 10.0. The van der Waals surface area contributed by atoms with E-state index < -0.39 is 10.0 Å². The Morgan fingerprint density at radius 1 is 1.10 bits per heavy atom. The summed E-state index contributed by atoms with van der Waals surface area (Å²) in [5.74, 6) is 0.326. The fraction of sp³-hybridized carbons (Fsp3) is 0.250. The number of amides is 1. The fourth-order valence-corrected chi connectivity index (χ4v) is 4.26. The SMILES string of the molecule is CN(C)S(=O)(=O)c1ccc(-c2nnc(NC(=O)CCCSc3ccc(F)cc3)o2)cc1. The van der Waals surface area contributed by atoms with E-state index in [0.717, 1.165) is 9.20 Å². The van der Waals surface area contributed by atoms with Gasteiger partial charge in [-0.3, -0.25) is 10.1 Å². The van der Waals surface area contributed by atoms with Crippen LogP contribution in [0.25, 0.3) is 11.5 Å². The summed E-state index contributed by atoms with van der Waals surface area (Å²) in [5.41, 5.74) is 0.529. The lowest BCUT2D eigenvalue weighted by atomic mass is 10.2. The molecule has 0 bridgehead atoms. The Labute approximate surface area is 183 Å². The maximum absolute atomic E-state index is 12.9. The van der Waals surface area contributed by atoms with Crippen LogP contribution >= 0.6 is 11.8 Å². The van der Waals surface area contributed by atoms with Crippen LogP contribution in [0.1, 0.15) is 12.8 Å². The summed E-state index contributed by atoms with van der Waals surface area (Å²) in [4.78, 5) is 13.1. The first-order chi connectivity index (χ1) is 14.8. The van der Waals surface area contributed by atoms with Gasteiger partial charge in [-0.1, -0.05) is 5.10 Å². The molecule has 0 unspecified atom stereocenters. The zero-order valence-corrected chi connectivity index (χ0v) is 18.5. The average Bonchev–Trinajstić information content (AvgIpc) is 3.21. The summed E-state index contributed by atoms with van der Waals surface area (Å²) >= 11 is 1.54. The Morgan fingerprint density at radius 3 is 2.42 bits per heavy atom. The van der Waals surface area contributed by atoms with Crippen LogP contribution in [-0.4, -0.2) is 48.7 Å². The van der Waals surface area contributed by atoms with E-state index in [9.17, 15) is 17.6 Å². The van der Waals surface area contributed by atoms with Crippen LogP contribution in [0, 0.1) is 5.82 Å². The van der Waals surface area contributed by atoms with Crippen molar-refractivity contribution in [3.63, 3.8) is 0 Å². The maximum Gasteiger partial charge on any atom is 0.322 e. The summed E-state index contributed by atoms with van der Waals surface area (Å²) < 4.78 is 43.7. The second-order valence-corrected chi connectivity index (χ2v) is 10.00. The molecule has 164 valence electrons. The van der Waals surface area contributed by atoms with Gasteiger partial charge in [0.05, 0.1) is 4.90 Å². The van der Waals surface area contributed by atoms with Gasteiger partial charge in [0, 0.05) is 31.0 Å². The molecule has 1 amide bonds. The average molecular weight is 465 g/mol. The lowest BCUT2D eigenvalue weighted by Gasteiger charge is -2.11. The van der Waals surface area contributed by atoms with Gasteiger partial charge < -0.3 is 4.42 Å². The van der Waals surface area contributed by atoms with Crippen LogP contribution in [0.15, 0.2) is 62.7 Å². The molecule has 1 aromatic heterocycles. The number of anilines is 1. The number of nitrogens with one attached hydrogen (secondary N) is 1. The first-order valence-electron chi connectivity index (χ1n) is 9.30. The van der Waals surface area contributed by atoms with Gasteiger partial charge in [-0.05, 0) is 60.7 Å². The molecule has 1 heterocycles. The van der Waals surface area contributed by atoms with E-state index in [1.807, 2.05) is 0 Å². The third-order valence-electron chi connectivity index (χ3n) is 4.18. The van der Waals surface area contributed by atoms with Crippen molar-refractivity contribution in [2.24, 2.45) is 0 Å². The number of hydrogen-bond acceptors (Lipinski definition) is 7. The van der Waals surface area contributed by atoms with Gasteiger partial charge in [0.25, 0.3) is 0 Å². The van der Waals surface area contributed by atoms with Crippen LogP contribution < -0.4 is 5.32 Å². The van der Waals surface area contributed by atoms with Gasteiger partial charge >= 0.3 is 6.01 Å². The predicted octanol–water partition coefficient (Wildman–Crippen LogP) is 3.64. The topological polar surface area (TPSA) is 105 Å². The molecule has 3 rings (SSSR count). The van der Waals surface area contributed by atoms with E-state index in [1.54, 1.807) is 24.3 Å². The highest BCUT2D eigenvalue weighted by molar-refractivity contribution is 7.99. The zero-order valence-electron chi connectivity index (χ0n) is 16.9. The van der Waals surface area contributed by atoms with Gasteiger partial charge in [-0.2, -0.15) is 0 Å². The molecule has 11 heteroatoms.